The van der Waals surface area contributed by atoms with Crippen LogP contribution in [0.15, 0.2) is 46.3 Å². The number of nitriles is 1. The van der Waals surface area contributed by atoms with Crippen LogP contribution in [0.25, 0.3) is 11.0 Å². The van der Waals surface area contributed by atoms with Crippen LogP contribution in [0.3, 0.4) is 0 Å². The number of hydrogen-bond acceptors (Lipinski definition) is 8. The van der Waals surface area contributed by atoms with Crippen molar-refractivity contribution in [2.24, 2.45) is 18.1 Å². The van der Waals surface area contributed by atoms with Gasteiger partial charge < -0.3 is 23.8 Å². The van der Waals surface area contributed by atoms with E-state index in [4.69, 9.17) is 9.57 Å². The Hall–Kier alpha value is -4.20. The van der Waals surface area contributed by atoms with Gasteiger partial charge in [0.2, 0.25) is 0 Å². The van der Waals surface area contributed by atoms with E-state index >= 15 is 0 Å². The molecule has 5 rings (SSSR count). The van der Waals surface area contributed by atoms with Crippen LogP contribution in [0, 0.1) is 17.2 Å². The minimum absolute atomic E-state index is 0.0406. The normalized spacial score (nSPS) is 20.3. The van der Waals surface area contributed by atoms with Gasteiger partial charge >= 0.3 is 6.29 Å². The van der Waals surface area contributed by atoms with Crippen LogP contribution in [0.2, 0.25) is 0 Å². The molecule has 0 unspecified atom stereocenters. The number of fused-ring (bicyclic) bond motifs is 2. The van der Waals surface area contributed by atoms with Gasteiger partial charge in [0.1, 0.15) is 22.9 Å². The van der Waals surface area contributed by atoms with Gasteiger partial charge in [0.15, 0.2) is 11.5 Å². The average Bonchev–Trinajstić information content (AvgIpc) is 3.24. The molecule has 3 aromatic rings. The SMILES string of the molecule is Cn1c(=O)cc(N(C)[C@H]2CC[C@@H](/C(=N/OC(C)(C)C)c3cccc4c3OC(F)(F)O4)CC2)c2nc(C#N)ccc21. The summed E-state index contributed by atoms with van der Waals surface area (Å²) in [7, 11) is 3.61. The van der Waals surface area contributed by atoms with Crippen molar-refractivity contribution >= 4 is 22.4 Å². The van der Waals surface area contributed by atoms with Crippen molar-refractivity contribution < 1.29 is 23.1 Å². The molecule has 1 aromatic carbocycles. The highest BCUT2D eigenvalue weighted by atomic mass is 19.3. The topological polar surface area (TPSA) is 102 Å². The van der Waals surface area contributed by atoms with E-state index in [1.807, 2.05) is 32.7 Å². The van der Waals surface area contributed by atoms with E-state index in [0.29, 0.717) is 40.8 Å². The van der Waals surface area contributed by atoms with Gasteiger partial charge in [-0.1, -0.05) is 11.2 Å². The summed E-state index contributed by atoms with van der Waals surface area (Å²) in [4.78, 5) is 25.0. The van der Waals surface area contributed by atoms with Gasteiger partial charge in [-0.2, -0.15) is 5.26 Å². The van der Waals surface area contributed by atoms with Crippen molar-refractivity contribution in [2.45, 2.75) is 64.4 Å². The molecule has 1 aliphatic heterocycles. The van der Waals surface area contributed by atoms with Crippen LogP contribution < -0.4 is 19.9 Å². The molecule has 0 radical (unpaired) electrons. The minimum atomic E-state index is -3.75. The van der Waals surface area contributed by atoms with E-state index in [0.717, 1.165) is 12.8 Å². The number of anilines is 1. The zero-order valence-electron chi connectivity index (χ0n) is 23.1. The lowest BCUT2D eigenvalue weighted by Crippen LogP contribution is -2.38. The molecule has 9 nitrogen and oxygen atoms in total. The number of nitrogens with zero attached hydrogens (tertiary/aromatic N) is 5. The third-order valence-corrected chi connectivity index (χ3v) is 7.32. The van der Waals surface area contributed by atoms with E-state index in [2.05, 4.69) is 20.9 Å². The number of aryl methyl sites for hydroxylation is 1. The highest BCUT2D eigenvalue weighted by Gasteiger charge is 2.45. The standard InChI is InChI=1S/C29H31F2N5O4/c1-28(2,3)40-34-25(20-7-6-8-23-27(20)39-29(30,31)38-23)17-9-12-19(13-10-17)35(4)22-15-24(37)36(5)21-14-11-18(16-32)33-26(21)22/h6-8,11,14-15,17,19H,9-10,12-13H2,1-5H3/b34-25-/t17-,19+. The number of hydrogen-bond donors (Lipinski definition) is 0. The summed E-state index contributed by atoms with van der Waals surface area (Å²) in [6.45, 7) is 5.59. The van der Waals surface area contributed by atoms with E-state index in [1.165, 1.54) is 10.6 Å². The van der Waals surface area contributed by atoms with E-state index in [9.17, 15) is 18.8 Å². The Bertz CT molecular complexity index is 1580. The fourth-order valence-corrected chi connectivity index (χ4v) is 5.28. The van der Waals surface area contributed by atoms with Crippen LogP contribution >= 0.6 is 0 Å². The molecular formula is C29H31F2N5O4. The Labute approximate surface area is 230 Å². The van der Waals surface area contributed by atoms with Crippen molar-refractivity contribution in [3.05, 3.63) is 58.0 Å². The number of alkyl halides is 2. The van der Waals surface area contributed by atoms with Crippen LogP contribution in [0.5, 0.6) is 11.5 Å². The van der Waals surface area contributed by atoms with E-state index < -0.39 is 11.9 Å². The zero-order chi connectivity index (χ0) is 28.8. The third kappa shape index (κ3) is 5.30. The summed E-state index contributed by atoms with van der Waals surface area (Å²) in [5.41, 5.74) is 2.37. The molecule has 0 N–H and O–H groups in total. The van der Waals surface area contributed by atoms with Crippen LogP contribution in [0.1, 0.15) is 57.7 Å². The summed E-state index contributed by atoms with van der Waals surface area (Å²) < 4.78 is 38.9. The lowest BCUT2D eigenvalue weighted by Gasteiger charge is -2.36. The van der Waals surface area contributed by atoms with Gasteiger partial charge in [0, 0.05) is 37.7 Å². The number of halogens is 2. The molecule has 3 heterocycles. The summed E-state index contributed by atoms with van der Waals surface area (Å²) in [5.74, 6) is -0.171. The first kappa shape index (κ1) is 27.4. The highest BCUT2D eigenvalue weighted by molar-refractivity contribution is 6.05. The first-order valence-corrected chi connectivity index (χ1v) is 13.2. The molecular weight excluding hydrogens is 520 g/mol. The molecule has 0 atom stereocenters. The summed E-state index contributed by atoms with van der Waals surface area (Å²) in [5, 5.41) is 13.8. The van der Waals surface area contributed by atoms with Crippen LogP contribution in [0.4, 0.5) is 14.5 Å². The number of pyridine rings is 2. The molecule has 210 valence electrons. The van der Waals surface area contributed by atoms with Crippen LogP contribution in [-0.2, 0) is 11.9 Å². The molecule has 40 heavy (non-hydrogen) atoms. The summed E-state index contributed by atoms with van der Waals surface area (Å²) >= 11 is 0. The van der Waals surface area contributed by atoms with Gasteiger partial charge in [-0.25, -0.2) is 4.98 Å². The monoisotopic (exact) mass is 551 g/mol. The Balaban J connectivity index is 1.43. The van der Waals surface area contributed by atoms with Crippen molar-refractivity contribution in [2.75, 3.05) is 11.9 Å². The molecule has 1 fully saturated rings. The Kier molecular flexibility index (Phi) is 6.90. The van der Waals surface area contributed by atoms with Gasteiger partial charge in [-0.15, -0.1) is 8.78 Å². The lowest BCUT2D eigenvalue weighted by atomic mass is 9.80. The Morgan fingerprint density at radius 2 is 1.93 bits per heavy atom. The predicted molar refractivity (Wildman–Crippen MR) is 146 cm³/mol. The first-order valence-electron chi connectivity index (χ1n) is 13.2. The number of rotatable bonds is 5. The molecule has 0 amide bonds. The predicted octanol–water partition coefficient (Wildman–Crippen LogP) is 5.34. The number of para-hydroxylation sites is 1. The fourth-order valence-electron chi connectivity index (χ4n) is 5.28. The largest absolute Gasteiger partial charge is 0.586 e. The summed E-state index contributed by atoms with van der Waals surface area (Å²) in [6.07, 6.45) is -0.868. The van der Waals surface area contributed by atoms with E-state index in [-0.39, 0.29) is 34.7 Å². The number of aromatic nitrogens is 2. The maximum absolute atomic E-state index is 13.9. The first-order chi connectivity index (χ1) is 18.9. The minimum Gasteiger partial charge on any atom is -0.395 e. The third-order valence-electron chi connectivity index (χ3n) is 7.32. The maximum Gasteiger partial charge on any atom is 0.586 e. The Morgan fingerprint density at radius 3 is 2.60 bits per heavy atom. The second kappa shape index (κ2) is 10.1. The van der Waals surface area contributed by atoms with Crippen molar-refractivity contribution in [1.82, 2.24) is 9.55 Å². The van der Waals surface area contributed by atoms with Crippen molar-refractivity contribution in [3.8, 4) is 17.6 Å². The number of benzene rings is 1. The van der Waals surface area contributed by atoms with Crippen molar-refractivity contribution in [3.63, 3.8) is 0 Å². The fraction of sp³-hybridized carbons (Fsp3) is 0.448. The second-order valence-corrected chi connectivity index (χ2v) is 11.2. The van der Waals surface area contributed by atoms with Gasteiger partial charge in [0.05, 0.1) is 16.9 Å². The molecule has 1 aliphatic carbocycles. The second-order valence-electron chi connectivity index (χ2n) is 11.2. The van der Waals surface area contributed by atoms with E-state index in [1.54, 1.807) is 37.4 Å². The summed E-state index contributed by atoms with van der Waals surface area (Å²) in [6, 6.07) is 11.8. The van der Waals surface area contributed by atoms with Gasteiger partial charge in [-0.3, -0.25) is 4.79 Å². The zero-order valence-corrected chi connectivity index (χ0v) is 23.1. The van der Waals surface area contributed by atoms with Gasteiger partial charge in [0.25, 0.3) is 5.56 Å². The van der Waals surface area contributed by atoms with Crippen LogP contribution in [-0.4, -0.2) is 40.2 Å². The molecule has 0 saturated heterocycles. The smallest absolute Gasteiger partial charge is 0.395 e. The molecule has 2 aromatic heterocycles. The average molecular weight is 552 g/mol. The number of ether oxygens (including phenoxy) is 2. The molecule has 0 spiro atoms. The lowest BCUT2D eigenvalue weighted by molar-refractivity contribution is -0.286. The van der Waals surface area contributed by atoms with Gasteiger partial charge in [-0.05, 0) is 70.7 Å². The highest BCUT2D eigenvalue weighted by Crippen LogP contribution is 2.45. The Morgan fingerprint density at radius 1 is 1.20 bits per heavy atom. The maximum atomic E-state index is 13.9. The molecule has 1 saturated carbocycles. The quantitative estimate of drug-likeness (QED) is 0.312. The molecule has 11 heteroatoms. The molecule has 0 bridgehead atoms. The number of oxime groups is 1. The van der Waals surface area contributed by atoms with Crippen molar-refractivity contribution in [1.29, 1.82) is 5.26 Å². The molecule has 2 aliphatic rings.